The largest absolute Gasteiger partial charge is 0.480 e. The third-order valence-corrected chi connectivity index (χ3v) is 2.44. The Labute approximate surface area is 78.3 Å². The molecule has 76 valence electrons. The molecule has 13 heavy (non-hydrogen) atoms. The van der Waals surface area contributed by atoms with Gasteiger partial charge >= 0.3 is 5.97 Å². The fourth-order valence-electron chi connectivity index (χ4n) is 1.38. The van der Waals surface area contributed by atoms with Gasteiger partial charge in [-0.2, -0.15) is 0 Å². The first-order chi connectivity index (χ1) is 6.10. The molecule has 1 unspecified atom stereocenters. The molecule has 2 N–H and O–H groups in total. The van der Waals surface area contributed by atoms with Gasteiger partial charge in [-0.3, -0.25) is 10.1 Å². The number of carboxylic acid groups (broad SMARTS) is 1. The molecule has 0 aromatic rings. The number of methoxy groups -OCH3 is 1. The first-order valence-corrected chi connectivity index (χ1v) is 4.61. The van der Waals surface area contributed by atoms with Crippen molar-refractivity contribution < 1.29 is 14.6 Å². The van der Waals surface area contributed by atoms with Crippen molar-refractivity contribution in [1.82, 2.24) is 5.32 Å². The second-order valence-electron chi connectivity index (χ2n) is 3.71. The molecule has 1 atom stereocenters. The molecule has 1 aliphatic rings. The quantitative estimate of drug-likeness (QED) is 0.640. The average Bonchev–Trinajstić information content (AvgIpc) is 2.82. The number of hydrogen-bond acceptors (Lipinski definition) is 3. The van der Waals surface area contributed by atoms with Crippen LogP contribution in [0.15, 0.2) is 0 Å². The van der Waals surface area contributed by atoms with Crippen LogP contribution in [0.3, 0.4) is 0 Å². The SMILES string of the molecule is COCCC(C)NC1(C(=O)O)CC1. The van der Waals surface area contributed by atoms with E-state index in [1.165, 1.54) is 0 Å². The van der Waals surface area contributed by atoms with Crippen LogP contribution in [0.2, 0.25) is 0 Å². The van der Waals surface area contributed by atoms with E-state index in [0.717, 1.165) is 19.3 Å². The molecule has 0 heterocycles. The second kappa shape index (κ2) is 4.07. The maximum atomic E-state index is 10.8. The number of rotatable bonds is 6. The van der Waals surface area contributed by atoms with Gasteiger partial charge < -0.3 is 9.84 Å². The molecule has 0 spiro atoms. The Morgan fingerprint density at radius 1 is 1.69 bits per heavy atom. The van der Waals surface area contributed by atoms with Crippen molar-refractivity contribution in [1.29, 1.82) is 0 Å². The van der Waals surface area contributed by atoms with Crippen molar-refractivity contribution in [3.63, 3.8) is 0 Å². The van der Waals surface area contributed by atoms with Gasteiger partial charge in [0.25, 0.3) is 0 Å². The van der Waals surface area contributed by atoms with Gasteiger partial charge in [-0.15, -0.1) is 0 Å². The van der Waals surface area contributed by atoms with E-state index in [1.54, 1.807) is 7.11 Å². The highest BCUT2D eigenvalue weighted by Crippen LogP contribution is 2.36. The fraction of sp³-hybridized carbons (Fsp3) is 0.889. The fourth-order valence-corrected chi connectivity index (χ4v) is 1.38. The Morgan fingerprint density at radius 2 is 2.31 bits per heavy atom. The van der Waals surface area contributed by atoms with E-state index in [2.05, 4.69) is 5.32 Å². The van der Waals surface area contributed by atoms with E-state index in [0.29, 0.717) is 6.61 Å². The van der Waals surface area contributed by atoms with Gasteiger partial charge in [-0.1, -0.05) is 0 Å². The van der Waals surface area contributed by atoms with E-state index in [-0.39, 0.29) is 6.04 Å². The zero-order valence-electron chi connectivity index (χ0n) is 8.17. The lowest BCUT2D eigenvalue weighted by atomic mass is 10.2. The van der Waals surface area contributed by atoms with E-state index >= 15 is 0 Å². The maximum Gasteiger partial charge on any atom is 0.323 e. The van der Waals surface area contributed by atoms with Crippen LogP contribution in [0.4, 0.5) is 0 Å². The lowest BCUT2D eigenvalue weighted by Crippen LogP contribution is -2.44. The maximum absolute atomic E-state index is 10.8. The highest BCUT2D eigenvalue weighted by atomic mass is 16.5. The standard InChI is InChI=1S/C9H17NO3/c1-7(3-6-13-2)10-9(4-5-9)8(11)12/h7,10H,3-6H2,1-2H3,(H,11,12). The van der Waals surface area contributed by atoms with E-state index in [1.807, 2.05) is 6.92 Å². The predicted octanol–water partition coefficient (Wildman–Crippen LogP) is 0.618. The van der Waals surface area contributed by atoms with Crippen LogP contribution in [-0.2, 0) is 9.53 Å². The summed E-state index contributed by atoms with van der Waals surface area (Å²) in [6, 6.07) is 0.207. The number of nitrogens with one attached hydrogen (secondary N) is 1. The van der Waals surface area contributed by atoms with E-state index in [9.17, 15) is 4.79 Å². The summed E-state index contributed by atoms with van der Waals surface area (Å²) in [6.45, 7) is 2.66. The normalized spacial score (nSPS) is 21.1. The van der Waals surface area contributed by atoms with Crippen LogP contribution in [0.25, 0.3) is 0 Å². The molecule has 1 fully saturated rings. The minimum Gasteiger partial charge on any atom is -0.480 e. The molecular weight excluding hydrogens is 170 g/mol. The van der Waals surface area contributed by atoms with Crippen LogP contribution in [0.1, 0.15) is 26.2 Å². The Hall–Kier alpha value is -0.610. The molecule has 0 saturated heterocycles. The summed E-state index contributed by atoms with van der Waals surface area (Å²) in [7, 11) is 1.65. The molecule has 1 aliphatic carbocycles. The van der Waals surface area contributed by atoms with Crippen LogP contribution in [-0.4, -0.2) is 36.4 Å². The summed E-state index contributed by atoms with van der Waals surface area (Å²) < 4.78 is 4.92. The summed E-state index contributed by atoms with van der Waals surface area (Å²) in [5.74, 6) is -0.725. The van der Waals surface area contributed by atoms with E-state index < -0.39 is 11.5 Å². The summed E-state index contributed by atoms with van der Waals surface area (Å²) in [6.07, 6.45) is 2.35. The zero-order valence-corrected chi connectivity index (χ0v) is 8.17. The average molecular weight is 187 g/mol. The molecule has 0 bridgehead atoms. The molecule has 0 amide bonds. The number of aliphatic carboxylic acids is 1. The van der Waals surface area contributed by atoms with Crippen LogP contribution < -0.4 is 5.32 Å². The summed E-state index contributed by atoms with van der Waals surface area (Å²) >= 11 is 0. The van der Waals surface area contributed by atoms with Crippen molar-refractivity contribution in [3.8, 4) is 0 Å². The van der Waals surface area contributed by atoms with Crippen molar-refractivity contribution in [3.05, 3.63) is 0 Å². The number of ether oxygens (including phenoxy) is 1. The molecule has 0 aromatic carbocycles. The smallest absolute Gasteiger partial charge is 0.323 e. The van der Waals surface area contributed by atoms with Crippen molar-refractivity contribution in [2.24, 2.45) is 0 Å². The van der Waals surface area contributed by atoms with Crippen LogP contribution in [0.5, 0.6) is 0 Å². The van der Waals surface area contributed by atoms with Gasteiger partial charge in [-0.05, 0) is 26.2 Å². The minimum absolute atomic E-state index is 0.207. The van der Waals surface area contributed by atoms with Gasteiger partial charge in [0.05, 0.1) is 0 Å². The first kappa shape index (κ1) is 10.5. The topological polar surface area (TPSA) is 58.6 Å². The minimum atomic E-state index is -0.725. The molecular formula is C9H17NO3. The van der Waals surface area contributed by atoms with Gasteiger partial charge in [0, 0.05) is 19.8 Å². The highest BCUT2D eigenvalue weighted by molar-refractivity contribution is 5.82. The molecule has 4 nitrogen and oxygen atoms in total. The Balaban J connectivity index is 2.27. The number of carboxylic acids is 1. The Kier molecular flexibility index (Phi) is 3.27. The van der Waals surface area contributed by atoms with Crippen LogP contribution in [0, 0.1) is 0 Å². The van der Waals surface area contributed by atoms with Crippen molar-refractivity contribution >= 4 is 5.97 Å². The third kappa shape index (κ3) is 2.67. The Bertz CT molecular complexity index is 189. The molecule has 0 radical (unpaired) electrons. The van der Waals surface area contributed by atoms with Crippen molar-refractivity contribution in [2.75, 3.05) is 13.7 Å². The Morgan fingerprint density at radius 3 is 2.69 bits per heavy atom. The molecule has 1 saturated carbocycles. The predicted molar refractivity (Wildman–Crippen MR) is 48.7 cm³/mol. The lowest BCUT2D eigenvalue weighted by molar-refractivity contribution is -0.141. The van der Waals surface area contributed by atoms with Crippen molar-refractivity contribution in [2.45, 2.75) is 37.8 Å². The monoisotopic (exact) mass is 187 g/mol. The third-order valence-electron chi connectivity index (χ3n) is 2.44. The number of carbonyl (C=O) groups is 1. The van der Waals surface area contributed by atoms with Crippen LogP contribution >= 0.6 is 0 Å². The van der Waals surface area contributed by atoms with Gasteiger partial charge in [0.15, 0.2) is 0 Å². The second-order valence-corrected chi connectivity index (χ2v) is 3.71. The van der Waals surface area contributed by atoms with Gasteiger partial charge in [0.2, 0.25) is 0 Å². The van der Waals surface area contributed by atoms with Gasteiger partial charge in [-0.25, -0.2) is 0 Å². The molecule has 0 aromatic heterocycles. The molecule has 1 rings (SSSR count). The summed E-state index contributed by atoms with van der Waals surface area (Å²) in [4.78, 5) is 10.8. The van der Waals surface area contributed by atoms with Gasteiger partial charge in [0.1, 0.15) is 5.54 Å². The zero-order chi connectivity index (χ0) is 9.90. The number of hydrogen-bond donors (Lipinski definition) is 2. The van der Waals surface area contributed by atoms with E-state index in [4.69, 9.17) is 9.84 Å². The highest BCUT2D eigenvalue weighted by Gasteiger charge is 2.50. The molecule has 0 aliphatic heterocycles. The lowest BCUT2D eigenvalue weighted by Gasteiger charge is -2.18. The summed E-state index contributed by atoms with van der Waals surface area (Å²) in [5, 5.41) is 12.0. The molecule has 4 heteroatoms. The summed E-state index contributed by atoms with van der Waals surface area (Å²) in [5.41, 5.74) is -0.618. The first-order valence-electron chi connectivity index (χ1n) is 4.61.